The van der Waals surface area contributed by atoms with Gasteiger partial charge < -0.3 is 10.1 Å². The number of para-hydroxylation sites is 1. The summed E-state index contributed by atoms with van der Waals surface area (Å²) < 4.78 is 32.8. The second-order valence-electron chi connectivity index (χ2n) is 6.16. The second kappa shape index (κ2) is 8.14. The molecule has 0 aliphatic rings. The van der Waals surface area contributed by atoms with Crippen LogP contribution < -0.4 is 14.8 Å². The summed E-state index contributed by atoms with van der Waals surface area (Å²) in [6, 6.07) is 21.7. The SMILES string of the molecule is COc1ccccc1CNc1ccc(NS(=O)(=O)c2ccc(C)cc2)cc1. The number of anilines is 2. The lowest BCUT2D eigenvalue weighted by Gasteiger charge is -2.12. The zero-order valence-electron chi connectivity index (χ0n) is 15.3. The normalized spacial score (nSPS) is 11.0. The minimum atomic E-state index is -3.59. The van der Waals surface area contributed by atoms with Gasteiger partial charge in [0.15, 0.2) is 0 Å². The molecular formula is C21H22N2O3S. The maximum absolute atomic E-state index is 12.4. The maximum Gasteiger partial charge on any atom is 0.261 e. The summed E-state index contributed by atoms with van der Waals surface area (Å²) in [5.74, 6) is 0.826. The van der Waals surface area contributed by atoms with Crippen molar-refractivity contribution < 1.29 is 13.2 Å². The number of sulfonamides is 1. The highest BCUT2D eigenvalue weighted by molar-refractivity contribution is 7.92. The summed E-state index contributed by atoms with van der Waals surface area (Å²) in [6.45, 7) is 2.53. The van der Waals surface area contributed by atoms with Gasteiger partial charge in [-0.05, 0) is 49.4 Å². The third-order valence-electron chi connectivity index (χ3n) is 4.14. The largest absolute Gasteiger partial charge is 0.496 e. The second-order valence-corrected chi connectivity index (χ2v) is 7.84. The molecule has 0 saturated carbocycles. The monoisotopic (exact) mass is 382 g/mol. The van der Waals surface area contributed by atoms with Gasteiger partial charge in [-0.3, -0.25) is 4.72 Å². The molecule has 2 N–H and O–H groups in total. The Morgan fingerprint density at radius 3 is 2.15 bits per heavy atom. The van der Waals surface area contributed by atoms with Crippen LogP contribution in [0.1, 0.15) is 11.1 Å². The first kappa shape index (κ1) is 18.8. The topological polar surface area (TPSA) is 67.4 Å². The fourth-order valence-electron chi connectivity index (χ4n) is 2.63. The molecule has 0 aliphatic heterocycles. The van der Waals surface area contributed by atoms with Crippen molar-refractivity contribution in [3.05, 3.63) is 83.9 Å². The van der Waals surface area contributed by atoms with E-state index in [1.165, 1.54) is 0 Å². The van der Waals surface area contributed by atoms with Crippen molar-refractivity contribution in [3.8, 4) is 5.75 Å². The minimum absolute atomic E-state index is 0.242. The predicted octanol–water partition coefficient (Wildman–Crippen LogP) is 4.42. The van der Waals surface area contributed by atoms with E-state index in [2.05, 4.69) is 10.0 Å². The van der Waals surface area contributed by atoms with Gasteiger partial charge >= 0.3 is 0 Å². The van der Waals surface area contributed by atoms with Crippen LogP contribution in [0.2, 0.25) is 0 Å². The van der Waals surface area contributed by atoms with Gasteiger partial charge in [0, 0.05) is 23.5 Å². The fourth-order valence-corrected chi connectivity index (χ4v) is 3.69. The number of benzene rings is 3. The smallest absolute Gasteiger partial charge is 0.261 e. The lowest BCUT2D eigenvalue weighted by molar-refractivity contribution is 0.410. The predicted molar refractivity (Wildman–Crippen MR) is 109 cm³/mol. The Balaban J connectivity index is 1.65. The van der Waals surface area contributed by atoms with Crippen LogP contribution in [0, 0.1) is 6.92 Å². The van der Waals surface area contributed by atoms with Crippen molar-refractivity contribution in [2.24, 2.45) is 0 Å². The first-order valence-electron chi connectivity index (χ1n) is 8.53. The van der Waals surface area contributed by atoms with Gasteiger partial charge in [0.05, 0.1) is 12.0 Å². The lowest BCUT2D eigenvalue weighted by atomic mass is 10.2. The molecule has 0 aromatic heterocycles. The summed E-state index contributed by atoms with van der Waals surface area (Å²) in [5, 5.41) is 3.31. The number of nitrogens with one attached hydrogen (secondary N) is 2. The molecule has 6 heteroatoms. The van der Waals surface area contributed by atoms with Crippen LogP contribution in [0.25, 0.3) is 0 Å². The standard InChI is InChI=1S/C21H22N2O3S/c1-16-7-13-20(14-8-16)27(24,25)23-19-11-9-18(10-12-19)22-15-17-5-3-4-6-21(17)26-2/h3-14,22-23H,15H2,1-2H3. The van der Waals surface area contributed by atoms with Crippen molar-refractivity contribution in [1.82, 2.24) is 0 Å². The van der Waals surface area contributed by atoms with E-state index in [-0.39, 0.29) is 4.90 Å². The van der Waals surface area contributed by atoms with Crippen LogP contribution in [0.5, 0.6) is 5.75 Å². The fraction of sp³-hybridized carbons (Fsp3) is 0.143. The molecular weight excluding hydrogens is 360 g/mol. The maximum atomic E-state index is 12.4. The molecule has 0 saturated heterocycles. The Bertz CT molecular complexity index is 998. The van der Waals surface area contributed by atoms with Crippen LogP contribution in [0.3, 0.4) is 0 Å². The average Bonchev–Trinajstić information content (AvgIpc) is 2.68. The Hall–Kier alpha value is -2.99. The Morgan fingerprint density at radius 2 is 1.48 bits per heavy atom. The van der Waals surface area contributed by atoms with E-state index in [4.69, 9.17) is 4.74 Å². The van der Waals surface area contributed by atoms with E-state index in [1.807, 2.05) is 43.3 Å². The Kier molecular flexibility index (Phi) is 5.66. The van der Waals surface area contributed by atoms with Crippen LogP contribution >= 0.6 is 0 Å². The zero-order valence-corrected chi connectivity index (χ0v) is 16.1. The van der Waals surface area contributed by atoms with E-state index in [1.54, 1.807) is 43.5 Å². The summed E-state index contributed by atoms with van der Waals surface area (Å²) in [6.07, 6.45) is 0. The molecule has 27 heavy (non-hydrogen) atoms. The minimum Gasteiger partial charge on any atom is -0.496 e. The average molecular weight is 382 g/mol. The van der Waals surface area contributed by atoms with Crippen molar-refractivity contribution in [3.63, 3.8) is 0 Å². The van der Waals surface area contributed by atoms with Crippen molar-refractivity contribution in [2.75, 3.05) is 17.1 Å². The number of rotatable bonds is 7. The van der Waals surface area contributed by atoms with Gasteiger partial charge in [0.25, 0.3) is 10.0 Å². The molecule has 0 radical (unpaired) electrons. The van der Waals surface area contributed by atoms with Crippen molar-refractivity contribution in [1.29, 1.82) is 0 Å². The molecule has 3 aromatic carbocycles. The Morgan fingerprint density at radius 1 is 0.852 bits per heavy atom. The highest BCUT2D eigenvalue weighted by Gasteiger charge is 2.13. The molecule has 3 aromatic rings. The number of hydrogen-bond acceptors (Lipinski definition) is 4. The molecule has 0 atom stereocenters. The van der Waals surface area contributed by atoms with Crippen LogP contribution in [-0.4, -0.2) is 15.5 Å². The molecule has 0 heterocycles. The number of hydrogen-bond donors (Lipinski definition) is 2. The molecule has 0 amide bonds. The quantitative estimate of drug-likeness (QED) is 0.635. The molecule has 0 fully saturated rings. The highest BCUT2D eigenvalue weighted by Crippen LogP contribution is 2.21. The van der Waals surface area contributed by atoms with Gasteiger partial charge in [-0.2, -0.15) is 0 Å². The molecule has 0 spiro atoms. The molecule has 0 bridgehead atoms. The van der Waals surface area contributed by atoms with Gasteiger partial charge in [-0.15, -0.1) is 0 Å². The van der Waals surface area contributed by atoms with E-state index < -0.39 is 10.0 Å². The highest BCUT2D eigenvalue weighted by atomic mass is 32.2. The van der Waals surface area contributed by atoms with E-state index >= 15 is 0 Å². The summed E-state index contributed by atoms with van der Waals surface area (Å²) >= 11 is 0. The van der Waals surface area contributed by atoms with E-state index in [0.717, 1.165) is 22.6 Å². The number of methoxy groups -OCH3 is 1. The van der Waals surface area contributed by atoms with Crippen molar-refractivity contribution >= 4 is 21.4 Å². The van der Waals surface area contributed by atoms with Crippen LogP contribution in [0.4, 0.5) is 11.4 Å². The van der Waals surface area contributed by atoms with Gasteiger partial charge in [0.1, 0.15) is 5.75 Å². The first-order chi connectivity index (χ1) is 13.0. The van der Waals surface area contributed by atoms with E-state index in [9.17, 15) is 8.42 Å². The van der Waals surface area contributed by atoms with Crippen LogP contribution in [-0.2, 0) is 16.6 Å². The molecule has 5 nitrogen and oxygen atoms in total. The van der Waals surface area contributed by atoms with Gasteiger partial charge in [-0.1, -0.05) is 35.9 Å². The zero-order chi connectivity index (χ0) is 19.3. The number of ether oxygens (including phenoxy) is 1. The number of aryl methyl sites for hydroxylation is 1. The third kappa shape index (κ3) is 4.80. The molecule has 0 aliphatic carbocycles. The van der Waals surface area contributed by atoms with Gasteiger partial charge in [-0.25, -0.2) is 8.42 Å². The summed E-state index contributed by atoms with van der Waals surface area (Å²) in [7, 11) is -1.95. The third-order valence-corrected chi connectivity index (χ3v) is 5.54. The van der Waals surface area contributed by atoms with Crippen molar-refractivity contribution in [2.45, 2.75) is 18.4 Å². The van der Waals surface area contributed by atoms with Gasteiger partial charge in [0.2, 0.25) is 0 Å². The summed E-state index contributed by atoms with van der Waals surface area (Å²) in [5.41, 5.74) is 3.46. The molecule has 0 unspecified atom stereocenters. The van der Waals surface area contributed by atoms with E-state index in [0.29, 0.717) is 12.2 Å². The molecule has 140 valence electrons. The Labute approximate surface area is 160 Å². The lowest BCUT2D eigenvalue weighted by Crippen LogP contribution is -2.12. The molecule has 3 rings (SSSR count). The summed E-state index contributed by atoms with van der Waals surface area (Å²) in [4.78, 5) is 0.242. The van der Waals surface area contributed by atoms with Crippen LogP contribution in [0.15, 0.2) is 77.7 Å². The first-order valence-corrected chi connectivity index (χ1v) is 10.0.